The molecule has 0 aliphatic heterocycles. The number of nitrogens with zero attached hydrogens (tertiary/aromatic N) is 2. The summed E-state index contributed by atoms with van der Waals surface area (Å²) < 4.78 is 1.41. The molecule has 6 heteroatoms. The summed E-state index contributed by atoms with van der Waals surface area (Å²) in [7, 11) is 0. The van der Waals surface area contributed by atoms with Crippen LogP contribution in [-0.4, -0.2) is 26.8 Å². The predicted octanol–water partition coefficient (Wildman–Crippen LogP) is 0.669. The molecule has 1 aromatic carbocycles. The molecule has 0 radical (unpaired) electrons. The summed E-state index contributed by atoms with van der Waals surface area (Å²) in [6.07, 6.45) is 2.64. The van der Waals surface area contributed by atoms with Gasteiger partial charge in [0.15, 0.2) is 0 Å². The van der Waals surface area contributed by atoms with Crippen molar-refractivity contribution in [3.05, 3.63) is 47.8 Å². The van der Waals surface area contributed by atoms with Crippen LogP contribution in [0.4, 0.5) is 0 Å². The lowest BCUT2D eigenvalue weighted by Crippen LogP contribution is -2.10. The second kappa shape index (κ2) is 4.09. The van der Waals surface area contributed by atoms with Crippen molar-refractivity contribution >= 4 is 11.9 Å². The first-order valence-corrected chi connectivity index (χ1v) is 4.76. The van der Waals surface area contributed by atoms with Crippen LogP contribution < -0.4 is 5.73 Å². The Morgan fingerprint density at radius 3 is 2.29 bits per heavy atom. The SMILES string of the molecule is NC(=O)c1ccc(-n2cc(C(=O)O)cn2)cc1. The number of rotatable bonds is 3. The summed E-state index contributed by atoms with van der Waals surface area (Å²) in [5, 5.41) is 12.6. The lowest BCUT2D eigenvalue weighted by molar-refractivity contribution is 0.0696. The number of aromatic nitrogens is 2. The summed E-state index contributed by atoms with van der Waals surface area (Å²) in [5.41, 5.74) is 6.25. The highest BCUT2D eigenvalue weighted by Gasteiger charge is 2.07. The Bertz CT molecular complexity index is 572. The lowest BCUT2D eigenvalue weighted by atomic mass is 10.2. The number of hydrogen-bond donors (Lipinski definition) is 2. The number of hydrogen-bond acceptors (Lipinski definition) is 3. The Hall–Kier alpha value is -2.63. The molecule has 0 bridgehead atoms. The van der Waals surface area contributed by atoms with Crippen LogP contribution in [0.15, 0.2) is 36.7 Å². The van der Waals surface area contributed by atoms with Crippen LogP contribution in [0, 0.1) is 0 Å². The molecule has 6 nitrogen and oxygen atoms in total. The van der Waals surface area contributed by atoms with Crippen molar-refractivity contribution in [3.8, 4) is 5.69 Å². The van der Waals surface area contributed by atoms with Crippen LogP contribution in [0.5, 0.6) is 0 Å². The Morgan fingerprint density at radius 2 is 1.82 bits per heavy atom. The average molecular weight is 231 g/mol. The maximum atomic E-state index is 10.9. The summed E-state index contributed by atoms with van der Waals surface area (Å²) in [5.74, 6) is -1.55. The molecule has 1 amide bonds. The van der Waals surface area contributed by atoms with Gasteiger partial charge in [0.2, 0.25) is 5.91 Å². The van der Waals surface area contributed by atoms with E-state index >= 15 is 0 Å². The van der Waals surface area contributed by atoms with E-state index < -0.39 is 11.9 Å². The average Bonchev–Trinajstić information content (AvgIpc) is 2.78. The summed E-state index contributed by atoms with van der Waals surface area (Å²) in [4.78, 5) is 21.5. The van der Waals surface area contributed by atoms with E-state index in [1.165, 1.54) is 17.1 Å². The normalized spacial score (nSPS) is 10.1. The van der Waals surface area contributed by atoms with Crippen LogP contribution in [0.25, 0.3) is 5.69 Å². The van der Waals surface area contributed by atoms with E-state index in [9.17, 15) is 9.59 Å². The standard InChI is InChI=1S/C11H9N3O3/c12-10(15)7-1-3-9(4-2-7)14-6-8(5-13-14)11(16)17/h1-6H,(H2,12,15)(H,16,17). The van der Waals surface area contributed by atoms with Gasteiger partial charge in [-0.25, -0.2) is 9.48 Å². The Labute approximate surface area is 96.3 Å². The van der Waals surface area contributed by atoms with E-state index in [0.29, 0.717) is 11.3 Å². The molecule has 1 aromatic heterocycles. The Kier molecular flexibility index (Phi) is 2.61. The van der Waals surface area contributed by atoms with Gasteiger partial charge in [-0.3, -0.25) is 4.79 Å². The van der Waals surface area contributed by atoms with Gasteiger partial charge < -0.3 is 10.8 Å². The van der Waals surface area contributed by atoms with Crippen molar-refractivity contribution in [2.75, 3.05) is 0 Å². The van der Waals surface area contributed by atoms with E-state index in [2.05, 4.69) is 5.10 Å². The number of primary amides is 1. The molecule has 86 valence electrons. The molecule has 2 aromatic rings. The van der Waals surface area contributed by atoms with E-state index in [4.69, 9.17) is 10.8 Å². The molecular formula is C11H9N3O3. The summed E-state index contributed by atoms with van der Waals surface area (Å²) in [6.45, 7) is 0. The zero-order valence-corrected chi connectivity index (χ0v) is 8.70. The number of carboxylic acids is 1. The minimum absolute atomic E-state index is 0.101. The first-order valence-electron chi connectivity index (χ1n) is 4.76. The highest BCUT2D eigenvalue weighted by atomic mass is 16.4. The van der Waals surface area contributed by atoms with Gasteiger partial charge in [0, 0.05) is 11.8 Å². The van der Waals surface area contributed by atoms with Gasteiger partial charge in [-0.05, 0) is 24.3 Å². The summed E-state index contributed by atoms with van der Waals surface area (Å²) in [6, 6.07) is 6.39. The molecule has 0 saturated heterocycles. The maximum absolute atomic E-state index is 10.9. The highest BCUT2D eigenvalue weighted by molar-refractivity contribution is 5.92. The number of benzene rings is 1. The largest absolute Gasteiger partial charge is 0.478 e. The molecule has 0 unspecified atom stereocenters. The molecule has 0 saturated carbocycles. The molecule has 2 rings (SSSR count). The van der Waals surface area contributed by atoms with Crippen molar-refractivity contribution in [3.63, 3.8) is 0 Å². The van der Waals surface area contributed by atoms with Gasteiger partial charge in [-0.15, -0.1) is 0 Å². The van der Waals surface area contributed by atoms with Gasteiger partial charge in [-0.1, -0.05) is 0 Å². The summed E-state index contributed by atoms with van der Waals surface area (Å²) >= 11 is 0. The van der Waals surface area contributed by atoms with E-state index in [1.807, 2.05) is 0 Å². The second-order valence-corrected chi connectivity index (χ2v) is 3.39. The quantitative estimate of drug-likeness (QED) is 0.810. The fourth-order valence-corrected chi connectivity index (χ4v) is 1.35. The second-order valence-electron chi connectivity index (χ2n) is 3.39. The van der Waals surface area contributed by atoms with Gasteiger partial charge in [0.25, 0.3) is 0 Å². The first kappa shape index (κ1) is 10.9. The Morgan fingerprint density at radius 1 is 1.18 bits per heavy atom. The fourth-order valence-electron chi connectivity index (χ4n) is 1.35. The molecule has 0 spiro atoms. The zero-order valence-electron chi connectivity index (χ0n) is 8.70. The van der Waals surface area contributed by atoms with Crippen LogP contribution in [0.1, 0.15) is 20.7 Å². The van der Waals surface area contributed by atoms with Gasteiger partial charge in [0.1, 0.15) is 0 Å². The minimum atomic E-state index is -1.04. The number of carbonyl (C=O) groups is 2. The zero-order chi connectivity index (χ0) is 12.4. The van der Waals surface area contributed by atoms with Crippen molar-refractivity contribution in [1.29, 1.82) is 0 Å². The van der Waals surface area contributed by atoms with Crippen molar-refractivity contribution in [2.24, 2.45) is 5.73 Å². The number of aromatic carboxylic acids is 1. The first-order chi connectivity index (χ1) is 8.08. The lowest BCUT2D eigenvalue weighted by Gasteiger charge is -2.01. The molecule has 1 heterocycles. The topological polar surface area (TPSA) is 98.2 Å². The Balaban J connectivity index is 2.33. The smallest absolute Gasteiger partial charge is 0.338 e. The van der Waals surface area contributed by atoms with Crippen LogP contribution >= 0.6 is 0 Å². The molecule has 0 fully saturated rings. The van der Waals surface area contributed by atoms with Crippen LogP contribution in [-0.2, 0) is 0 Å². The monoisotopic (exact) mass is 231 g/mol. The third-order valence-corrected chi connectivity index (χ3v) is 2.25. The minimum Gasteiger partial charge on any atom is -0.478 e. The number of carboxylic acid groups (broad SMARTS) is 1. The van der Waals surface area contributed by atoms with Crippen molar-refractivity contribution in [1.82, 2.24) is 9.78 Å². The van der Waals surface area contributed by atoms with Gasteiger partial charge in [-0.2, -0.15) is 5.10 Å². The van der Waals surface area contributed by atoms with E-state index in [1.54, 1.807) is 24.3 Å². The molecule has 3 N–H and O–H groups in total. The van der Waals surface area contributed by atoms with Crippen LogP contribution in [0.3, 0.4) is 0 Å². The van der Waals surface area contributed by atoms with Gasteiger partial charge >= 0.3 is 5.97 Å². The van der Waals surface area contributed by atoms with Crippen LogP contribution in [0.2, 0.25) is 0 Å². The van der Waals surface area contributed by atoms with Gasteiger partial charge in [0.05, 0.1) is 17.4 Å². The third kappa shape index (κ3) is 2.15. The maximum Gasteiger partial charge on any atom is 0.338 e. The highest BCUT2D eigenvalue weighted by Crippen LogP contribution is 2.10. The number of carbonyl (C=O) groups excluding carboxylic acids is 1. The fraction of sp³-hybridized carbons (Fsp3) is 0. The van der Waals surface area contributed by atoms with Crippen molar-refractivity contribution < 1.29 is 14.7 Å². The number of nitrogens with two attached hydrogens (primary N) is 1. The third-order valence-electron chi connectivity index (χ3n) is 2.25. The molecule has 0 aliphatic rings. The molecule has 0 atom stereocenters. The predicted molar refractivity (Wildman–Crippen MR) is 59.0 cm³/mol. The van der Waals surface area contributed by atoms with E-state index in [-0.39, 0.29) is 5.56 Å². The van der Waals surface area contributed by atoms with E-state index in [0.717, 1.165) is 0 Å². The van der Waals surface area contributed by atoms with Crippen molar-refractivity contribution in [2.45, 2.75) is 0 Å². The number of amides is 1. The molecular weight excluding hydrogens is 222 g/mol. The molecule has 17 heavy (non-hydrogen) atoms. The molecule has 0 aliphatic carbocycles.